The van der Waals surface area contributed by atoms with Gasteiger partial charge in [-0.15, -0.1) is 0 Å². The smallest absolute Gasteiger partial charge is 0.275 e. The number of hydrogen-bond donors (Lipinski definition) is 1. The molecule has 2 aromatic carbocycles. The SMILES string of the molecule is CN(C(=O)c1nn(-c2ccc(F)cc2)c2c1CCC2)C(C(N)=O)c1cccc(F)c1. The van der Waals surface area contributed by atoms with E-state index in [9.17, 15) is 18.4 Å². The molecule has 8 heteroatoms. The Morgan fingerprint density at radius 1 is 1.10 bits per heavy atom. The van der Waals surface area contributed by atoms with E-state index in [0.717, 1.165) is 24.1 Å². The van der Waals surface area contributed by atoms with Gasteiger partial charge in [-0.3, -0.25) is 9.59 Å². The number of nitrogens with two attached hydrogens (primary N) is 1. The van der Waals surface area contributed by atoms with E-state index in [1.54, 1.807) is 22.9 Å². The molecule has 1 aromatic heterocycles. The fraction of sp³-hybridized carbons (Fsp3) is 0.227. The number of hydrogen-bond acceptors (Lipinski definition) is 3. The number of nitrogens with zero attached hydrogens (tertiary/aromatic N) is 3. The number of carbonyl (C=O) groups excluding carboxylic acids is 2. The van der Waals surface area contributed by atoms with E-state index in [4.69, 9.17) is 5.73 Å². The van der Waals surface area contributed by atoms with Gasteiger partial charge in [-0.05, 0) is 61.2 Å². The number of likely N-dealkylation sites (N-methyl/N-ethyl adjacent to an activating group) is 1. The molecule has 0 bridgehead atoms. The van der Waals surface area contributed by atoms with Crippen LogP contribution in [-0.2, 0) is 17.6 Å². The molecule has 0 saturated carbocycles. The molecule has 6 nitrogen and oxygen atoms in total. The van der Waals surface area contributed by atoms with Crippen LogP contribution in [0.1, 0.15) is 39.8 Å². The van der Waals surface area contributed by atoms with Crippen LogP contribution < -0.4 is 5.73 Å². The Balaban J connectivity index is 1.73. The second-order valence-corrected chi connectivity index (χ2v) is 7.29. The molecular weight excluding hydrogens is 390 g/mol. The molecule has 4 rings (SSSR count). The number of amides is 2. The van der Waals surface area contributed by atoms with E-state index in [1.807, 2.05) is 0 Å². The maximum absolute atomic E-state index is 13.7. The zero-order chi connectivity index (χ0) is 21.4. The van der Waals surface area contributed by atoms with Crippen LogP contribution in [0.25, 0.3) is 5.69 Å². The summed E-state index contributed by atoms with van der Waals surface area (Å²) in [6.45, 7) is 0. The summed E-state index contributed by atoms with van der Waals surface area (Å²) in [5.41, 5.74) is 8.39. The number of aromatic nitrogens is 2. The van der Waals surface area contributed by atoms with Crippen molar-refractivity contribution in [1.82, 2.24) is 14.7 Å². The van der Waals surface area contributed by atoms with Gasteiger partial charge in [0.15, 0.2) is 5.69 Å². The third kappa shape index (κ3) is 3.45. The number of primary amides is 1. The van der Waals surface area contributed by atoms with Gasteiger partial charge in [-0.2, -0.15) is 5.10 Å². The van der Waals surface area contributed by atoms with E-state index in [0.29, 0.717) is 12.1 Å². The lowest BCUT2D eigenvalue weighted by Crippen LogP contribution is -2.39. The maximum atomic E-state index is 13.7. The zero-order valence-corrected chi connectivity index (χ0v) is 16.3. The third-order valence-corrected chi connectivity index (χ3v) is 5.35. The first-order chi connectivity index (χ1) is 14.4. The molecule has 0 fully saturated rings. The minimum atomic E-state index is -1.14. The van der Waals surface area contributed by atoms with E-state index < -0.39 is 23.7 Å². The molecule has 0 spiro atoms. The molecule has 0 saturated heterocycles. The summed E-state index contributed by atoms with van der Waals surface area (Å²) in [5, 5.41) is 4.48. The quantitative estimate of drug-likeness (QED) is 0.702. The van der Waals surface area contributed by atoms with Gasteiger partial charge in [0, 0.05) is 18.3 Å². The van der Waals surface area contributed by atoms with E-state index in [2.05, 4.69) is 5.10 Å². The predicted octanol–water partition coefficient (Wildman–Crippen LogP) is 2.94. The lowest BCUT2D eigenvalue weighted by atomic mass is 10.0. The van der Waals surface area contributed by atoms with E-state index in [-0.39, 0.29) is 17.1 Å². The molecule has 1 unspecified atom stereocenters. The zero-order valence-electron chi connectivity index (χ0n) is 16.3. The van der Waals surface area contributed by atoms with Crippen LogP contribution in [0.4, 0.5) is 8.78 Å². The average molecular weight is 410 g/mol. The number of carbonyl (C=O) groups is 2. The molecule has 2 N–H and O–H groups in total. The molecule has 0 aliphatic heterocycles. The Morgan fingerprint density at radius 2 is 1.83 bits per heavy atom. The lowest BCUT2D eigenvalue weighted by molar-refractivity contribution is -0.122. The first-order valence-electron chi connectivity index (χ1n) is 9.55. The first-order valence-corrected chi connectivity index (χ1v) is 9.55. The normalized spacial score (nSPS) is 13.7. The van der Waals surface area contributed by atoms with E-state index >= 15 is 0 Å². The molecular formula is C22H20F2N4O2. The number of fused-ring (bicyclic) bond motifs is 1. The maximum Gasteiger partial charge on any atom is 0.275 e. The second-order valence-electron chi connectivity index (χ2n) is 7.29. The minimum Gasteiger partial charge on any atom is -0.368 e. The highest BCUT2D eigenvalue weighted by molar-refractivity contribution is 5.97. The molecule has 1 aliphatic carbocycles. The van der Waals surface area contributed by atoms with Crippen molar-refractivity contribution >= 4 is 11.8 Å². The summed E-state index contributed by atoms with van der Waals surface area (Å²) in [5.74, 6) is -2.15. The fourth-order valence-electron chi connectivity index (χ4n) is 3.94. The van der Waals surface area contributed by atoms with Crippen molar-refractivity contribution in [1.29, 1.82) is 0 Å². The van der Waals surface area contributed by atoms with Gasteiger partial charge in [0.1, 0.15) is 17.7 Å². The standard InChI is InChI=1S/C22H20F2N4O2/c1-27(20(21(25)29)13-4-2-5-15(24)12-13)22(30)19-17-6-3-7-18(17)28(26-19)16-10-8-14(23)9-11-16/h2,4-5,8-12,20H,3,6-7H2,1H3,(H2,25,29). The fourth-order valence-corrected chi connectivity index (χ4v) is 3.94. The topological polar surface area (TPSA) is 81.2 Å². The summed E-state index contributed by atoms with van der Waals surface area (Å²) >= 11 is 0. The van der Waals surface area contributed by atoms with Crippen LogP contribution in [0.5, 0.6) is 0 Å². The Labute approximate surface area is 171 Å². The van der Waals surface area contributed by atoms with Crippen LogP contribution in [0.2, 0.25) is 0 Å². The molecule has 0 radical (unpaired) electrons. The molecule has 30 heavy (non-hydrogen) atoms. The van der Waals surface area contributed by atoms with Crippen LogP contribution in [0.3, 0.4) is 0 Å². The predicted molar refractivity (Wildman–Crippen MR) is 106 cm³/mol. The Kier molecular flexibility index (Phi) is 5.07. The molecule has 1 heterocycles. The second kappa shape index (κ2) is 7.70. The van der Waals surface area contributed by atoms with Crippen molar-refractivity contribution < 1.29 is 18.4 Å². The van der Waals surface area contributed by atoms with Crippen LogP contribution in [0.15, 0.2) is 48.5 Å². The lowest BCUT2D eigenvalue weighted by Gasteiger charge is -2.25. The summed E-state index contributed by atoms with van der Waals surface area (Å²) < 4.78 is 28.6. The molecule has 1 atom stereocenters. The van der Waals surface area contributed by atoms with E-state index in [1.165, 1.54) is 42.3 Å². The molecule has 3 aromatic rings. The van der Waals surface area contributed by atoms with Crippen molar-refractivity contribution in [3.05, 3.63) is 82.7 Å². The summed E-state index contributed by atoms with van der Waals surface area (Å²) in [4.78, 5) is 26.6. The summed E-state index contributed by atoms with van der Waals surface area (Å²) in [6, 6.07) is 10.2. The van der Waals surface area contributed by atoms with Crippen LogP contribution >= 0.6 is 0 Å². The number of halogens is 2. The number of rotatable bonds is 5. The third-order valence-electron chi connectivity index (χ3n) is 5.35. The van der Waals surface area contributed by atoms with Crippen molar-refractivity contribution in [3.8, 4) is 5.69 Å². The van der Waals surface area contributed by atoms with Crippen molar-refractivity contribution in [3.63, 3.8) is 0 Å². The Hall–Kier alpha value is -3.55. The monoisotopic (exact) mass is 410 g/mol. The van der Waals surface area contributed by atoms with Gasteiger partial charge in [-0.1, -0.05) is 12.1 Å². The van der Waals surface area contributed by atoms with Gasteiger partial charge in [-0.25, -0.2) is 13.5 Å². The van der Waals surface area contributed by atoms with Crippen molar-refractivity contribution in [2.75, 3.05) is 7.05 Å². The molecule has 154 valence electrons. The van der Waals surface area contributed by atoms with Gasteiger partial charge in [0.05, 0.1) is 5.69 Å². The minimum absolute atomic E-state index is 0.219. The van der Waals surface area contributed by atoms with Gasteiger partial charge in [0.2, 0.25) is 5.91 Å². The largest absolute Gasteiger partial charge is 0.368 e. The van der Waals surface area contributed by atoms with Gasteiger partial charge < -0.3 is 10.6 Å². The van der Waals surface area contributed by atoms with Crippen LogP contribution in [0, 0.1) is 11.6 Å². The first kappa shape index (κ1) is 19.8. The highest BCUT2D eigenvalue weighted by Crippen LogP contribution is 2.30. The van der Waals surface area contributed by atoms with Crippen molar-refractivity contribution in [2.24, 2.45) is 5.73 Å². The van der Waals surface area contributed by atoms with Gasteiger partial charge in [0.25, 0.3) is 5.91 Å². The highest BCUT2D eigenvalue weighted by Gasteiger charge is 2.33. The Bertz CT molecular complexity index is 1120. The molecule has 1 aliphatic rings. The van der Waals surface area contributed by atoms with Crippen molar-refractivity contribution in [2.45, 2.75) is 25.3 Å². The molecule has 2 amide bonds. The van der Waals surface area contributed by atoms with Crippen LogP contribution in [-0.4, -0.2) is 33.5 Å². The Morgan fingerprint density at radius 3 is 2.50 bits per heavy atom. The average Bonchev–Trinajstić information content (AvgIpc) is 3.31. The van der Waals surface area contributed by atoms with Gasteiger partial charge >= 0.3 is 0 Å². The summed E-state index contributed by atoms with van der Waals surface area (Å²) in [7, 11) is 1.45. The number of benzene rings is 2. The highest BCUT2D eigenvalue weighted by atomic mass is 19.1. The summed E-state index contributed by atoms with van der Waals surface area (Å²) in [6.07, 6.45) is 2.27.